The van der Waals surface area contributed by atoms with Crippen LogP contribution >= 0.6 is 34.8 Å². The molecule has 5 nitrogen and oxygen atoms in total. The molecule has 0 atom stereocenters. The van der Waals surface area contributed by atoms with Gasteiger partial charge in [0.05, 0.1) is 31.9 Å². The minimum absolute atomic E-state index is 0.0285. The molecule has 0 saturated carbocycles. The van der Waals surface area contributed by atoms with Crippen LogP contribution < -0.4 is 9.62 Å². The lowest BCUT2D eigenvalue weighted by Crippen LogP contribution is -2.38. The fourth-order valence-electron chi connectivity index (χ4n) is 3.00. The van der Waals surface area contributed by atoms with Crippen LogP contribution in [0.2, 0.25) is 15.1 Å². The molecule has 1 amide bonds. The average Bonchev–Trinajstić information content (AvgIpc) is 2.75. The van der Waals surface area contributed by atoms with Crippen LogP contribution in [0.5, 0.6) is 0 Å². The summed E-state index contributed by atoms with van der Waals surface area (Å²) in [5, 5.41) is 1.82. The first-order chi connectivity index (χ1) is 15.8. The zero-order valence-corrected chi connectivity index (χ0v) is 20.4. The lowest BCUT2D eigenvalue weighted by molar-refractivity contribution is -0.137. The van der Waals surface area contributed by atoms with Crippen LogP contribution in [0.15, 0.2) is 65.6 Å². The minimum atomic E-state index is -4.81. The highest BCUT2D eigenvalue weighted by Gasteiger charge is 2.35. The van der Waals surface area contributed by atoms with E-state index < -0.39 is 39.9 Å². The number of sulfonamides is 1. The highest BCUT2D eigenvalue weighted by Crippen LogP contribution is 2.38. The van der Waals surface area contributed by atoms with E-state index in [-0.39, 0.29) is 25.7 Å². The van der Waals surface area contributed by atoms with Crippen molar-refractivity contribution in [3.63, 3.8) is 0 Å². The third-order valence-electron chi connectivity index (χ3n) is 4.66. The number of rotatable bonds is 6. The Bertz CT molecular complexity index is 1330. The first-order valence-electron chi connectivity index (χ1n) is 9.50. The molecule has 3 rings (SSSR count). The van der Waals surface area contributed by atoms with Gasteiger partial charge in [-0.05, 0) is 49.4 Å². The molecular weight excluding hydrogens is 536 g/mol. The van der Waals surface area contributed by atoms with Crippen molar-refractivity contribution in [1.82, 2.24) is 0 Å². The molecule has 3 aromatic rings. The number of carbonyl (C=O) groups excluding carboxylic acids is 1. The van der Waals surface area contributed by atoms with Crippen LogP contribution in [0.25, 0.3) is 0 Å². The van der Waals surface area contributed by atoms with E-state index in [1.54, 1.807) is 19.1 Å². The Balaban J connectivity index is 2.03. The molecule has 0 aromatic heterocycles. The molecule has 0 aliphatic carbocycles. The van der Waals surface area contributed by atoms with E-state index in [0.29, 0.717) is 10.4 Å². The van der Waals surface area contributed by atoms with E-state index in [0.717, 1.165) is 11.6 Å². The summed E-state index contributed by atoms with van der Waals surface area (Å²) >= 11 is 17.9. The van der Waals surface area contributed by atoms with Gasteiger partial charge in [-0.1, -0.05) is 58.6 Å². The quantitative estimate of drug-likeness (QED) is 0.366. The molecule has 0 bridgehead atoms. The number of amides is 1. The van der Waals surface area contributed by atoms with Gasteiger partial charge < -0.3 is 5.32 Å². The SMILES string of the molecule is Cc1ccc(S(=O)(=O)N(CC(=O)Nc2ccc(Cl)cc2C(F)(F)F)c2cccc(Cl)c2Cl)cc1. The molecule has 0 spiro atoms. The number of halogens is 6. The maximum atomic E-state index is 13.4. The van der Waals surface area contributed by atoms with Gasteiger partial charge >= 0.3 is 6.18 Å². The number of benzene rings is 3. The maximum Gasteiger partial charge on any atom is 0.418 e. The normalized spacial score (nSPS) is 11.9. The van der Waals surface area contributed by atoms with Gasteiger partial charge in [0.25, 0.3) is 10.0 Å². The number of nitrogens with one attached hydrogen (secondary N) is 1. The molecule has 0 heterocycles. The highest BCUT2D eigenvalue weighted by atomic mass is 35.5. The van der Waals surface area contributed by atoms with E-state index in [9.17, 15) is 26.4 Å². The highest BCUT2D eigenvalue weighted by molar-refractivity contribution is 7.92. The first-order valence-corrected chi connectivity index (χ1v) is 12.1. The van der Waals surface area contributed by atoms with Gasteiger partial charge in [0.15, 0.2) is 0 Å². The second-order valence-corrected chi connectivity index (χ2v) is 10.2. The van der Waals surface area contributed by atoms with E-state index in [1.807, 2.05) is 0 Å². The summed E-state index contributed by atoms with van der Waals surface area (Å²) in [6, 6.07) is 12.8. The van der Waals surface area contributed by atoms with E-state index in [2.05, 4.69) is 5.32 Å². The number of hydrogen-bond acceptors (Lipinski definition) is 3. The van der Waals surface area contributed by atoms with Crippen LogP contribution in [0.3, 0.4) is 0 Å². The molecule has 3 aromatic carbocycles. The summed E-state index contributed by atoms with van der Waals surface area (Å²) in [5.74, 6) is -1.04. The Morgan fingerprint density at radius 2 is 1.65 bits per heavy atom. The molecule has 0 aliphatic heterocycles. The Hall–Kier alpha value is -2.46. The molecule has 0 saturated heterocycles. The lowest BCUT2D eigenvalue weighted by Gasteiger charge is -2.25. The average molecular weight is 552 g/mol. The third-order valence-corrected chi connectivity index (χ3v) is 7.48. The second kappa shape index (κ2) is 10.0. The number of aryl methyl sites for hydroxylation is 1. The molecule has 0 aliphatic rings. The number of hydrogen-bond donors (Lipinski definition) is 1. The smallest absolute Gasteiger partial charge is 0.324 e. The Morgan fingerprint density at radius 1 is 1.00 bits per heavy atom. The fourth-order valence-corrected chi connectivity index (χ4v) is 5.05. The van der Waals surface area contributed by atoms with Gasteiger partial charge in [-0.15, -0.1) is 0 Å². The van der Waals surface area contributed by atoms with Gasteiger partial charge in [0, 0.05) is 5.02 Å². The number of carbonyl (C=O) groups is 1. The van der Waals surface area contributed by atoms with Gasteiger partial charge in [-0.3, -0.25) is 9.10 Å². The third kappa shape index (κ3) is 5.78. The summed E-state index contributed by atoms with van der Waals surface area (Å²) in [5.41, 5.74) is -1.07. The number of anilines is 2. The van der Waals surface area contributed by atoms with Crippen LogP contribution in [-0.4, -0.2) is 20.9 Å². The van der Waals surface area contributed by atoms with Gasteiger partial charge in [0.2, 0.25) is 5.91 Å². The zero-order chi connectivity index (χ0) is 25.3. The molecule has 1 N–H and O–H groups in total. The van der Waals surface area contributed by atoms with E-state index in [1.165, 1.54) is 36.4 Å². The molecule has 0 unspecified atom stereocenters. The summed E-state index contributed by atoms with van der Waals surface area (Å²) in [6.07, 6.45) is -4.81. The summed E-state index contributed by atoms with van der Waals surface area (Å²) < 4.78 is 67.7. The van der Waals surface area contributed by atoms with Gasteiger partial charge in [-0.25, -0.2) is 8.42 Å². The van der Waals surface area contributed by atoms with E-state index >= 15 is 0 Å². The van der Waals surface area contributed by atoms with Crippen molar-refractivity contribution in [2.75, 3.05) is 16.2 Å². The van der Waals surface area contributed by atoms with Crippen molar-refractivity contribution in [1.29, 1.82) is 0 Å². The van der Waals surface area contributed by atoms with Crippen molar-refractivity contribution in [3.05, 3.63) is 86.9 Å². The van der Waals surface area contributed by atoms with Gasteiger partial charge in [0.1, 0.15) is 6.54 Å². The molecule has 0 fully saturated rings. The van der Waals surface area contributed by atoms with E-state index in [4.69, 9.17) is 34.8 Å². The second-order valence-electron chi connectivity index (χ2n) is 7.13. The number of nitrogens with zero attached hydrogens (tertiary/aromatic N) is 1. The summed E-state index contributed by atoms with van der Waals surface area (Å²) in [7, 11) is -4.36. The zero-order valence-electron chi connectivity index (χ0n) is 17.3. The predicted molar refractivity (Wildman–Crippen MR) is 127 cm³/mol. The summed E-state index contributed by atoms with van der Waals surface area (Å²) in [6.45, 7) is 0.885. The molecule has 34 heavy (non-hydrogen) atoms. The maximum absolute atomic E-state index is 13.4. The standard InChI is InChI=1S/C22H16Cl3F3N2O3S/c1-13-5-8-15(9-6-13)34(32,33)30(19-4-2-3-17(24)21(19)25)12-20(31)29-18-10-7-14(23)11-16(18)22(26,27)28/h2-11H,12H2,1H3,(H,29,31). The minimum Gasteiger partial charge on any atom is -0.324 e. The van der Waals surface area contributed by atoms with Crippen LogP contribution in [-0.2, 0) is 21.0 Å². The Morgan fingerprint density at radius 3 is 2.26 bits per heavy atom. The fraction of sp³-hybridized carbons (Fsp3) is 0.136. The lowest BCUT2D eigenvalue weighted by atomic mass is 10.1. The van der Waals surface area contributed by atoms with Crippen molar-refractivity contribution >= 4 is 62.1 Å². The predicted octanol–water partition coefficient (Wildman–Crippen LogP) is 6.81. The van der Waals surface area contributed by atoms with Crippen molar-refractivity contribution in [2.24, 2.45) is 0 Å². The topological polar surface area (TPSA) is 66.5 Å². The summed E-state index contributed by atoms with van der Waals surface area (Å²) in [4.78, 5) is 12.6. The van der Waals surface area contributed by atoms with Gasteiger partial charge in [-0.2, -0.15) is 13.2 Å². The van der Waals surface area contributed by atoms with Crippen molar-refractivity contribution in [3.8, 4) is 0 Å². The van der Waals surface area contributed by atoms with Crippen LogP contribution in [0.4, 0.5) is 24.5 Å². The van der Waals surface area contributed by atoms with Crippen LogP contribution in [0, 0.1) is 6.92 Å². The van der Waals surface area contributed by atoms with Crippen molar-refractivity contribution in [2.45, 2.75) is 18.0 Å². The monoisotopic (exact) mass is 550 g/mol. The molecule has 0 radical (unpaired) electrons. The Kier molecular flexibility index (Phi) is 7.72. The molecular formula is C22H16Cl3F3N2O3S. The number of alkyl halides is 3. The molecule has 12 heteroatoms. The largest absolute Gasteiger partial charge is 0.418 e. The first kappa shape index (κ1) is 26.2. The Labute approximate surface area is 209 Å². The molecule has 180 valence electrons. The van der Waals surface area contributed by atoms with Crippen LogP contribution in [0.1, 0.15) is 11.1 Å². The van der Waals surface area contributed by atoms with Crippen molar-refractivity contribution < 1.29 is 26.4 Å².